The van der Waals surface area contributed by atoms with Crippen LogP contribution in [0.25, 0.3) is 6.08 Å². The number of hydrogen-bond acceptors (Lipinski definition) is 5. The van der Waals surface area contributed by atoms with E-state index in [2.05, 4.69) is 4.99 Å². The highest BCUT2D eigenvalue weighted by Gasteiger charge is 2.24. The number of cyclic esters (lactones) is 1. The summed E-state index contributed by atoms with van der Waals surface area (Å²) in [6.07, 6.45) is 1.62. The summed E-state index contributed by atoms with van der Waals surface area (Å²) in [5.74, 6) is -0.331. The number of benzene rings is 3. The Kier molecular flexibility index (Phi) is 5.46. The summed E-state index contributed by atoms with van der Waals surface area (Å²) < 4.78 is 10.6. The minimum atomic E-state index is -0.510. The molecule has 5 nitrogen and oxygen atoms in total. The summed E-state index contributed by atoms with van der Waals surface area (Å²) in [5.41, 5.74) is 3.18. The Bertz CT molecular complexity index is 1160. The van der Waals surface area contributed by atoms with Crippen molar-refractivity contribution in [2.45, 2.75) is 6.92 Å². The first kappa shape index (κ1) is 19.6. The molecule has 0 saturated carbocycles. The van der Waals surface area contributed by atoms with Gasteiger partial charge in [0.1, 0.15) is 5.75 Å². The molecular weight excluding hydrogens is 402 g/mol. The van der Waals surface area contributed by atoms with Gasteiger partial charge in [-0.3, -0.25) is 0 Å². The molecule has 0 N–H and O–H groups in total. The van der Waals surface area contributed by atoms with Gasteiger partial charge in [-0.1, -0.05) is 41.4 Å². The van der Waals surface area contributed by atoms with Crippen molar-refractivity contribution >= 4 is 35.5 Å². The van der Waals surface area contributed by atoms with E-state index in [9.17, 15) is 9.59 Å². The fourth-order valence-electron chi connectivity index (χ4n) is 2.77. The van der Waals surface area contributed by atoms with E-state index in [-0.39, 0.29) is 11.6 Å². The van der Waals surface area contributed by atoms with Gasteiger partial charge in [0.25, 0.3) is 0 Å². The molecule has 4 rings (SSSR count). The molecule has 0 aromatic heterocycles. The van der Waals surface area contributed by atoms with Crippen molar-refractivity contribution in [3.05, 3.63) is 106 Å². The summed E-state index contributed by atoms with van der Waals surface area (Å²) >= 11 is 5.82. The Balaban J connectivity index is 1.48. The van der Waals surface area contributed by atoms with E-state index < -0.39 is 11.9 Å². The number of rotatable bonds is 4. The Morgan fingerprint density at radius 2 is 1.63 bits per heavy atom. The van der Waals surface area contributed by atoms with Crippen molar-refractivity contribution in [3.8, 4) is 5.75 Å². The normalized spacial score (nSPS) is 14.4. The molecule has 30 heavy (non-hydrogen) atoms. The van der Waals surface area contributed by atoms with E-state index in [0.717, 1.165) is 16.7 Å². The minimum absolute atomic E-state index is 0.205. The number of carbonyl (C=O) groups is 2. The monoisotopic (exact) mass is 417 g/mol. The molecular formula is C24H16ClNO4. The predicted molar refractivity (Wildman–Crippen MR) is 115 cm³/mol. The van der Waals surface area contributed by atoms with Gasteiger partial charge in [-0.15, -0.1) is 0 Å². The maximum absolute atomic E-state index is 12.2. The van der Waals surface area contributed by atoms with Crippen LogP contribution in [0.1, 0.15) is 27.0 Å². The zero-order valence-corrected chi connectivity index (χ0v) is 16.7. The molecule has 0 fully saturated rings. The van der Waals surface area contributed by atoms with E-state index >= 15 is 0 Å². The summed E-state index contributed by atoms with van der Waals surface area (Å²) in [6.45, 7) is 1.98. The second kappa shape index (κ2) is 8.35. The Labute approximate surface area is 178 Å². The van der Waals surface area contributed by atoms with Crippen LogP contribution in [0.3, 0.4) is 0 Å². The van der Waals surface area contributed by atoms with E-state index in [1.807, 2.05) is 31.2 Å². The topological polar surface area (TPSA) is 65.0 Å². The van der Waals surface area contributed by atoms with Crippen LogP contribution < -0.4 is 4.74 Å². The second-order valence-electron chi connectivity index (χ2n) is 6.67. The summed E-state index contributed by atoms with van der Waals surface area (Å²) in [6, 6.07) is 20.7. The molecule has 0 aliphatic carbocycles. The van der Waals surface area contributed by atoms with Gasteiger partial charge in [-0.25, -0.2) is 14.6 Å². The first-order valence-corrected chi connectivity index (χ1v) is 9.53. The SMILES string of the molecule is Cc1ccc(C2=N/C(=C\c3ccc(OC(=O)c4ccc(Cl)cc4)cc3)C(=O)O2)cc1. The average molecular weight is 418 g/mol. The summed E-state index contributed by atoms with van der Waals surface area (Å²) in [5, 5.41) is 0.544. The number of hydrogen-bond donors (Lipinski definition) is 0. The molecule has 0 saturated heterocycles. The fourth-order valence-corrected chi connectivity index (χ4v) is 2.90. The van der Waals surface area contributed by atoms with Gasteiger partial charge in [0.2, 0.25) is 5.90 Å². The third-order valence-electron chi connectivity index (χ3n) is 4.39. The lowest BCUT2D eigenvalue weighted by atomic mass is 10.1. The third kappa shape index (κ3) is 4.47. The number of nitrogens with zero attached hydrogens (tertiary/aromatic N) is 1. The highest BCUT2D eigenvalue weighted by atomic mass is 35.5. The third-order valence-corrected chi connectivity index (χ3v) is 4.64. The van der Waals surface area contributed by atoms with Crippen molar-refractivity contribution in [2.24, 2.45) is 4.99 Å². The molecule has 0 unspecified atom stereocenters. The minimum Gasteiger partial charge on any atom is -0.423 e. The molecule has 0 spiro atoms. The number of aliphatic imine (C=N–C) groups is 1. The van der Waals surface area contributed by atoms with Crippen molar-refractivity contribution < 1.29 is 19.1 Å². The van der Waals surface area contributed by atoms with Crippen molar-refractivity contribution in [1.29, 1.82) is 0 Å². The molecule has 1 heterocycles. The van der Waals surface area contributed by atoms with Crippen LogP contribution in [0.15, 0.2) is 83.5 Å². The molecule has 0 radical (unpaired) electrons. The summed E-state index contributed by atoms with van der Waals surface area (Å²) in [7, 11) is 0. The lowest BCUT2D eigenvalue weighted by Gasteiger charge is -2.05. The smallest absolute Gasteiger partial charge is 0.363 e. The molecule has 0 bridgehead atoms. The van der Waals surface area contributed by atoms with Crippen molar-refractivity contribution in [3.63, 3.8) is 0 Å². The lowest BCUT2D eigenvalue weighted by Crippen LogP contribution is -2.08. The van der Waals surface area contributed by atoms with E-state index in [0.29, 0.717) is 16.3 Å². The van der Waals surface area contributed by atoms with Crippen LogP contribution in [-0.4, -0.2) is 17.8 Å². The van der Waals surface area contributed by atoms with Crippen molar-refractivity contribution in [1.82, 2.24) is 0 Å². The predicted octanol–water partition coefficient (Wildman–Crippen LogP) is 5.21. The van der Waals surface area contributed by atoms with E-state index in [4.69, 9.17) is 21.1 Å². The maximum Gasteiger partial charge on any atom is 0.363 e. The lowest BCUT2D eigenvalue weighted by molar-refractivity contribution is -0.129. The molecule has 1 aliphatic rings. The number of carbonyl (C=O) groups excluding carboxylic acids is 2. The van der Waals surface area contributed by atoms with E-state index in [1.54, 1.807) is 54.6 Å². The largest absolute Gasteiger partial charge is 0.423 e. The zero-order chi connectivity index (χ0) is 21.1. The van der Waals surface area contributed by atoms with Gasteiger partial charge in [0.05, 0.1) is 5.56 Å². The molecule has 1 aliphatic heterocycles. The highest BCUT2D eigenvalue weighted by molar-refractivity contribution is 6.30. The number of ether oxygens (including phenoxy) is 2. The van der Waals surface area contributed by atoms with Gasteiger partial charge in [0.15, 0.2) is 5.70 Å². The maximum atomic E-state index is 12.2. The Morgan fingerprint density at radius 3 is 2.30 bits per heavy atom. The van der Waals surface area contributed by atoms with Crippen LogP contribution in [0.4, 0.5) is 0 Å². The average Bonchev–Trinajstić information content (AvgIpc) is 3.10. The van der Waals surface area contributed by atoms with Gasteiger partial charge >= 0.3 is 11.9 Å². The standard InChI is InChI=1S/C24H16ClNO4/c1-15-2-6-17(7-3-15)22-26-21(24(28)30-22)14-16-4-12-20(13-5-16)29-23(27)18-8-10-19(25)11-9-18/h2-14H,1H3/b21-14-. The van der Waals surface area contributed by atoms with Crippen molar-refractivity contribution in [2.75, 3.05) is 0 Å². The van der Waals surface area contributed by atoms with Crippen LogP contribution in [-0.2, 0) is 9.53 Å². The van der Waals surface area contributed by atoms with Crippen LogP contribution in [0.5, 0.6) is 5.75 Å². The van der Waals surface area contributed by atoms with Crippen LogP contribution in [0, 0.1) is 6.92 Å². The first-order valence-electron chi connectivity index (χ1n) is 9.15. The molecule has 148 valence electrons. The fraction of sp³-hybridized carbons (Fsp3) is 0.0417. The Hall–Kier alpha value is -3.70. The Morgan fingerprint density at radius 1 is 0.967 bits per heavy atom. The molecule has 3 aromatic carbocycles. The number of esters is 2. The number of aryl methyl sites for hydroxylation is 1. The molecule has 0 atom stereocenters. The molecule has 0 amide bonds. The molecule has 3 aromatic rings. The van der Waals surface area contributed by atoms with Gasteiger partial charge < -0.3 is 9.47 Å². The van der Waals surface area contributed by atoms with E-state index in [1.165, 1.54) is 0 Å². The van der Waals surface area contributed by atoms with Gasteiger partial charge in [-0.05, 0) is 67.1 Å². The first-order chi connectivity index (χ1) is 14.5. The van der Waals surface area contributed by atoms with Gasteiger partial charge in [-0.2, -0.15) is 0 Å². The van der Waals surface area contributed by atoms with Gasteiger partial charge in [0, 0.05) is 10.6 Å². The number of halogens is 1. The second-order valence-corrected chi connectivity index (χ2v) is 7.10. The zero-order valence-electron chi connectivity index (χ0n) is 16.0. The quantitative estimate of drug-likeness (QED) is 0.332. The van der Waals surface area contributed by atoms with Crippen LogP contribution in [0.2, 0.25) is 5.02 Å². The van der Waals surface area contributed by atoms with Crippen LogP contribution >= 0.6 is 11.6 Å². The summed E-state index contributed by atoms with van der Waals surface area (Å²) in [4.78, 5) is 28.6. The molecule has 6 heteroatoms. The highest BCUT2D eigenvalue weighted by Crippen LogP contribution is 2.21.